The summed E-state index contributed by atoms with van der Waals surface area (Å²) in [6, 6.07) is 10.5. The number of benzene rings is 1. The number of azide groups is 1. The third kappa shape index (κ3) is 12.8. The number of anilines is 1. The van der Waals surface area contributed by atoms with Crippen LogP contribution in [0.1, 0.15) is 58.1 Å². The number of methoxy groups -OCH3 is 1. The SMILES string of the molecule is CC[C@H](C)[C@@H](CNc1ccccn1)NC(=O)[C@@H](C[C@H](O)[C@H](COCc1ccc(C)c(OCCCOC)c1)N=[N+]=[N-])C(C)C. The number of amides is 1. The monoisotopic (exact) mass is 598 g/mol. The Kier molecular flexibility index (Phi) is 16.5. The molecular formula is C32H50N6O5. The minimum Gasteiger partial charge on any atom is -0.493 e. The minimum absolute atomic E-state index is 0.0130. The van der Waals surface area contributed by atoms with Crippen molar-refractivity contribution < 1.29 is 24.1 Å². The van der Waals surface area contributed by atoms with Crippen molar-refractivity contribution in [3.8, 4) is 5.75 Å². The first kappa shape index (κ1) is 35.8. The fraction of sp³-hybridized carbons (Fsp3) is 0.625. The Labute approximate surface area is 256 Å². The largest absolute Gasteiger partial charge is 0.493 e. The number of aliphatic hydroxyl groups is 1. The zero-order valence-corrected chi connectivity index (χ0v) is 26.5. The molecule has 11 heteroatoms. The van der Waals surface area contributed by atoms with Crippen molar-refractivity contribution in [2.75, 3.05) is 38.8 Å². The topological polar surface area (TPSA) is 151 Å². The number of nitrogens with one attached hydrogen (secondary N) is 2. The van der Waals surface area contributed by atoms with Gasteiger partial charge in [0.05, 0.1) is 32.0 Å². The van der Waals surface area contributed by atoms with Gasteiger partial charge in [0.1, 0.15) is 11.6 Å². The highest BCUT2D eigenvalue weighted by molar-refractivity contribution is 5.79. The van der Waals surface area contributed by atoms with Crippen LogP contribution in [0.2, 0.25) is 0 Å². The van der Waals surface area contributed by atoms with E-state index in [2.05, 4.69) is 39.5 Å². The minimum atomic E-state index is -1.06. The molecule has 0 aliphatic rings. The quantitative estimate of drug-likeness (QED) is 0.0725. The van der Waals surface area contributed by atoms with E-state index < -0.39 is 18.1 Å². The van der Waals surface area contributed by atoms with Crippen molar-refractivity contribution in [1.29, 1.82) is 0 Å². The van der Waals surface area contributed by atoms with Crippen LogP contribution in [0, 0.1) is 24.7 Å². The van der Waals surface area contributed by atoms with Gasteiger partial charge >= 0.3 is 0 Å². The van der Waals surface area contributed by atoms with Crippen LogP contribution in [0.15, 0.2) is 47.7 Å². The van der Waals surface area contributed by atoms with E-state index in [0.717, 1.165) is 35.5 Å². The molecule has 0 saturated carbocycles. The van der Waals surface area contributed by atoms with Gasteiger partial charge in [0, 0.05) is 49.8 Å². The van der Waals surface area contributed by atoms with Gasteiger partial charge in [0.15, 0.2) is 0 Å². The average molecular weight is 599 g/mol. The molecule has 2 aromatic rings. The molecular weight excluding hydrogens is 548 g/mol. The van der Waals surface area contributed by atoms with Crippen molar-refractivity contribution >= 4 is 11.7 Å². The summed E-state index contributed by atoms with van der Waals surface area (Å²) in [7, 11) is 1.66. The van der Waals surface area contributed by atoms with Crippen LogP contribution in [-0.2, 0) is 20.9 Å². The molecule has 0 unspecified atom stereocenters. The maximum atomic E-state index is 13.5. The van der Waals surface area contributed by atoms with Crippen molar-refractivity contribution in [3.63, 3.8) is 0 Å². The number of hydrogen-bond acceptors (Lipinski definition) is 8. The number of aromatic nitrogens is 1. The molecule has 2 rings (SSSR count). The Morgan fingerprint density at radius 2 is 1.98 bits per heavy atom. The van der Waals surface area contributed by atoms with Crippen molar-refractivity contribution in [3.05, 3.63) is 64.2 Å². The highest BCUT2D eigenvalue weighted by Gasteiger charge is 2.31. The summed E-state index contributed by atoms with van der Waals surface area (Å²) >= 11 is 0. The lowest BCUT2D eigenvalue weighted by atomic mass is 9.86. The molecule has 11 nitrogen and oxygen atoms in total. The Bertz CT molecular complexity index is 1130. The smallest absolute Gasteiger partial charge is 0.223 e. The van der Waals surface area contributed by atoms with Crippen molar-refractivity contribution in [2.24, 2.45) is 22.9 Å². The van der Waals surface area contributed by atoms with Crippen LogP contribution in [-0.4, -0.2) is 67.7 Å². The zero-order valence-electron chi connectivity index (χ0n) is 26.5. The number of carbonyl (C=O) groups excluding carboxylic acids is 1. The van der Waals surface area contributed by atoms with E-state index >= 15 is 0 Å². The first-order valence-electron chi connectivity index (χ1n) is 15.2. The molecule has 1 aromatic heterocycles. The molecule has 0 bridgehead atoms. The molecule has 3 N–H and O–H groups in total. The Hall–Kier alpha value is -3.37. The Morgan fingerprint density at radius 1 is 1.19 bits per heavy atom. The van der Waals surface area contributed by atoms with Gasteiger partial charge in [-0.05, 0) is 60.0 Å². The molecule has 43 heavy (non-hydrogen) atoms. The van der Waals surface area contributed by atoms with Crippen LogP contribution in [0.25, 0.3) is 10.4 Å². The van der Waals surface area contributed by atoms with E-state index in [1.54, 1.807) is 13.3 Å². The summed E-state index contributed by atoms with van der Waals surface area (Å²) in [4.78, 5) is 20.7. The third-order valence-electron chi connectivity index (χ3n) is 7.67. The van der Waals surface area contributed by atoms with E-state index in [9.17, 15) is 15.4 Å². The molecule has 0 saturated heterocycles. The summed E-state index contributed by atoms with van der Waals surface area (Å²) in [5.41, 5.74) is 11.1. The van der Waals surface area contributed by atoms with Gasteiger partial charge in [-0.3, -0.25) is 4.79 Å². The number of carbonyl (C=O) groups is 1. The third-order valence-corrected chi connectivity index (χ3v) is 7.67. The fourth-order valence-corrected chi connectivity index (χ4v) is 4.61. The first-order valence-corrected chi connectivity index (χ1v) is 15.2. The second-order valence-corrected chi connectivity index (χ2v) is 11.3. The lowest BCUT2D eigenvalue weighted by molar-refractivity contribution is -0.128. The zero-order chi connectivity index (χ0) is 31.6. The lowest BCUT2D eigenvalue weighted by Gasteiger charge is -2.30. The summed E-state index contributed by atoms with van der Waals surface area (Å²) in [6.07, 6.45) is 2.49. The van der Waals surface area contributed by atoms with Gasteiger partial charge in [-0.1, -0.05) is 57.4 Å². The molecule has 1 aromatic carbocycles. The molecule has 0 aliphatic heterocycles. The van der Waals surface area contributed by atoms with Gasteiger partial charge < -0.3 is 30.0 Å². The second-order valence-electron chi connectivity index (χ2n) is 11.3. The van der Waals surface area contributed by atoms with Gasteiger partial charge in [-0.25, -0.2) is 4.98 Å². The number of nitrogens with zero attached hydrogens (tertiary/aromatic N) is 4. The van der Waals surface area contributed by atoms with Crippen LogP contribution in [0.3, 0.4) is 0 Å². The van der Waals surface area contributed by atoms with Gasteiger partial charge in [0.25, 0.3) is 0 Å². The number of pyridine rings is 1. The van der Waals surface area contributed by atoms with Gasteiger partial charge in [0.2, 0.25) is 5.91 Å². The van der Waals surface area contributed by atoms with Gasteiger partial charge in [-0.2, -0.15) is 0 Å². The van der Waals surface area contributed by atoms with Crippen LogP contribution in [0.4, 0.5) is 5.82 Å². The number of aryl methyl sites for hydroxylation is 1. The molecule has 238 valence electrons. The highest BCUT2D eigenvalue weighted by atomic mass is 16.5. The van der Waals surface area contributed by atoms with E-state index in [1.165, 1.54) is 0 Å². The number of ether oxygens (including phenoxy) is 3. The van der Waals surface area contributed by atoms with E-state index in [1.807, 2.05) is 57.2 Å². The Morgan fingerprint density at radius 3 is 2.63 bits per heavy atom. The van der Waals surface area contributed by atoms with Crippen molar-refractivity contribution in [2.45, 2.75) is 78.7 Å². The molecule has 5 atom stereocenters. The number of aliphatic hydroxyl groups excluding tert-OH is 1. The molecule has 0 fully saturated rings. The van der Waals surface area contributed by atoms with Crippen LogP contribution >= 0.6 is 0 Å². The summed E-state index contributed by atoms with van der Waals surface area (Å²) in [5, 5.41) is 21.4. The molecule has 0 aliphatic carbocycles. The van der Waals surface area contributed by atoms with E-state index in [4.69, 9.17) is 14.2 Å². The molecule has 1 amide bonds. The van der Waals surface area contributed by atoms with Crippen molar-refractivity contribution in [1.82, 2.24) is 10.3 Å². The van der Waals surface area contributed by atoms with E-state index in [0.29, 0.717) is 19.8 Å². The number of rotatable bonds is 21. The maximum absolute atomic E-state index is 13.5. The summed E-state index contributed by atoms with van der Waals surface area (Å²) in [6.45, 7) is 12.0. The van der Waals surface area contributed by atoms with E-state index in [-0.39, 0.29) is 43.4 Å². The average Bonchev–Trinajstić information content (AvgIpc) is 3.00. The fourth-order valence-electron chi connectivity index (χ4n) is 4.61. The van der Waals surface area contributed by atoms with Gasteiger partial charge in [-0.15, -0.1) is 0 Å². The summed E-state index contributed by atoms with van der Waals surface area (Å²) < 4.78 is 16.8. The highest BCUT2D eigenvalue weighted by Crippen LogP contribution is 2.23. The maximum Gasteiger partial charge on any atom is 0.223 e. The second kappa shape index (κ2) is 19.7. The standard InChI is InChI=1S/C32H50N6O5/c1-7-23(4)27(19-35-31-11-8-9-14-34-31)36-32(40)26(22(2)3)18-29(39)28(37-38-33)21-42-20-25-13-12-24(5)30(17-25)43-16-10-15-41-6/h8-9,11-14,17,22-23,26-29,39H,7,10,15-16,18-21H2,1-6H3,(H,34,35)(H,36,40)/t23-,26-,27+,28-,29-/m0/s1. The summed E-state index contributed by atoms with van der Waals surface area (Å²) in [5.74, 6) is 1.08. The predicted molar refractivity (Wildman–Crippen MR) is 169 cm³/mol. The van der Waals surface area contributed by atoms with Crippen LogP contribution in [0.5, 0.6) is 5.75 Å². The predicted octanol–water partition coefficient (Wildman–Crippen LogP) is 5.67. The molecule has 0 radical (unpaired) electrons. The molecule has 1 heterocycles. The first-order chi connectivity index (χ1) is 20.7. The van der Waals surface area contributed by atoms with Crippen LogP contribution < -0.4 is 15.4 Å². The Balaban J connectivity index is 1.99. The normalized spacial score (nSPS) is 14.7. The lowest BCUT2D eigenvalue weighted by Crippen LogP contribution is -2.48. The molecule has 0 spiro atoms. The number of hydrogen-bond donors (Lipinski definition) is 3.